The van der Waals surface area contributed by atoms with E-state index in [1.54, 1.807) is 12.1 Å². The highest BCUT2D eigenvalue weighted by Crippen LogP contribution is 2.18. The molecule has 0 fully saturated rings. The molecule has 17 heavy (non-hydrogen) atoms. The highest BCUT2D eigenvalue weighted by Gasteiger charge is 1.96. The van der Waals surface area contributed by atoms with Crippen molar-refractivity contribution in [2.45, 2.75) is 0 Å². The average molecular weight is 248 g/mol. The summed E-state index contributed by atoms with van der Waals surface area (Å²) in [5.41, 5.74) is 0.257. The number of phenolic OH excluding ortho intramolecular Hbond substituents is 1. The Morgan fingerprint density at radius 1 is 1.18 bits per heavy atom. The number of aromatic amines is 2. The molecule has 86 valence electrons. The summed E-state index contributed by atoms with van der Waals surface area (Å²) in [4.78, 5) is 16.4. The minimum atomic E-state index is -0.406. The van der Waals surface area contributed by atoms with Crippen LogP contribution in [0.3, 0.4) is 0 Å². The lowest BCUT2D eigenvalue weighted by atomic mass is 10.3. The number of hydrogen-bond acceptors (Lipinski definition) is 5. The number of benzene rings is 1. The zero-order valence-corrected chi connectivity index (χ0v) is 9.36. The van der Waals surface area contributed by atoms with Gasteiger partial charge in [-0.25, -0.2) is 0 Å². The van der Waals surface area contributed by atoms with Crippen LogP contribution >= 0.6 is 12.2 Å². The third kappa shape index (κ3) is 2.85. The molecule has 0 aliphatic carbocycles. The van der Waals surface area contributed by atoms with E-state index in [1.165, 1.54) is 18.3 Å². The zero-order valence-electron chi connectivity index (χ0n) is 8.54. The van der Waals surface area contributed by atoms with Crippen LogP contribution in [0, 0.1) is 4.77 Å². The van der Waals surface area contributed by atoms with E-state index in [0.29, 0.717) is 5.69 Å². The summed E-state index contributed by atoms with van der Waals surface area (Å²) in [6, 6.07) is 6.13. The number of aromatic hydroxyl groups is 1. The van der Waals surface area contributed by atoms with Gasteiger partial charge < -0.3 is 10.1 Å². The largest absolute Gasteiger partial charge is 0.508 e. The Labute approximate surface area is 101 Å². The first-order chi connectivity index (χ1) is 8.15. The van der Waals surface area contributed by atoms with Crippen LogP contribution < -0.4 is 5.56 Å². The molecule has 2 aromatic rings. The van der Waals surface area contributed by atoms with E-state index >= 15 is 0 Å². The van der Waals surface area contributed by atoms with Crippen LogP contribution in [0.1, 0.15) is 0 Å². The summed E-state index contributed by atoms with van der Waals surface area (Å²) < 4.78 is 0.235. The molecule has 3 N–H and O–H groups in total. The fraction of sp³-hybridized carbons (Fsp3) is 0. The number of aromatic nitrogens is 2. The number of phenols is 1. The lowest BCUT2D eigenvalue weighted by molar-refractivity contribution is 0.475. The second kappa shape index (κ2) is 4.71. The maximum atomic E-state index is 11.4. The molecule has 0 bridgehead atoms. The summed E-state index contributed by atoms with van der Waals surface area (Å²) in [5.74, 6) is 0.144. The van der Waals surface area contributed by atoms with Gasteiger partial charge in [-0.15, -0.1) is 5.11 Å². The molecule has 0 aliphatic heterocycles. The number of nitrogens with zero attached hydrogens (tertiary/aromatic N) is 2. The predicted molar refractivity (Wildman–Crippen MR) is 64.5 cm³/mol. The first kappa shape index (κ1) is 11.2. The van der Waals surface area contributed by atoms with Gasteiger partial charge in [0.05, 0.1) is 5.69 Å². The molecule has 1 aromatic carbocycles. The van der Waals surface area contributed by atoms with Crippen LogP contribution in [-0.2, 0) is 0 Å². The fourth-order valence-corrected chi connectivity index (χ4v) is 1.26. The van der Waals surface area contributed by atoms with Crippen molar-refractivity contribution >= 4 is 23.6 Å². The first-order valence-corrected chi connectivity index (χ1v) is 5.09. The number of rotatable bonds is 2. The molecule has 0 amide bonds. The second-order valence-corrected chi connectivity index (χ2v) is 3.58. The third-order valence-corrected chi connectivity index (χ3v) is 2.14. The molecule has 1 heterocycles. The SMILES string of the molecule is O=c1[nH]c(=S)[nH]cc1N=Nc1ccc(O)cc1. The molecule has 6 nitrogen and oxygen atoms in total. The van der Waals surface area contributed by atoms with Crippen LogP contribution in [0.4, 0.5) is 11.4 Å². The molecule has 7 heteroatoms. The summed E-state index contributed by atoms with van der Waals surface area (Å²) in [7, 11) is 0. The van der Waals surface area contributed by atoms with Gasteiger partial charge in [0.15, 0.2) is 10.5 Å². The predicted octanol–water partition coefficient (Wildman–Crippen LogP) is 2.55. The van der Waals surface area contributed by atoms with Crippen molar-refractivity contribution in [3.8, 4) is 5.75 Å². The highest BCUT2D eigenvalue weighted by atomic mass is 32.1. The Balaban J connectivity index is 2.29. The van der Waals surface area contributed by atoms with Gasteiger partial charge in [-0.05, 0) is 36.5 Å². The van der Waals surface area contributed by atoms with Crippen molar-refractivity contribution in [1.29, 1.82) is 0 Å². The van der Waals surface area contributed by atoms with E-state index in [2.05, 4.69) is 20.2 Å². The third-order valence-electron chi connectivity index (χ3n) is 1.92. The lowest BCUT2D eigenvalue weighted by Crippen LogP contribution is -2.05. The molecule has 2 rings (SSSR count). The van der Waals surface area contributed by atoms with Crippen LogP contribution in [0.15, 0.2) is 45.5 Å². The average Bonchev–Trinajstić information content (AvgIpc) is 2.30. The van der Waals surface area contributed by atoms with E-state index in [4.69, 9.17) is 17.3 Å². The summed E-state index contributed by atoms with van der Waals surface area (Å²) in [5, 5.41) is 16.7. The molecule has 0 radical (unpaired) electrons. The molecular formula is C10H8N4O2S. The van der Waals surface area contributed by atoms with E-state index in [1.807, 2.05) is 0 Å². The van der Waals surface area contributed by atoms with Crippen LogP contribution in [0.2, 0.25) is 0 Å². The Bertz CT molecular complexity index is 657. The molecular weight excluding hydrogens is 240 g/mol. The zero-order chi connectivity index (χ0) is 12.3. The minimum absolute atomic E-state index is 0.131. The van der Waals surface area contributed by atoms with Gasteiger partial charge in [0.1, 0.15) is 5.75 Å². The summed E-state index contributed by atoms with van der Waals surface area (Å²) in [6.07, 6.45) is 1.38. The van der Waals surface area contributed by atoms with Crippen LogP contribution in [0.25, 0.3) is 0 Å². The monoisotopic (exact) mass is 248 g/mol. The molecule has 1 aromatic heterocycles. The topological polar surface area (TPSA) is 93.6 Å². The van der Waals surface area contributed by atoms with Gasteiger partial charge in [-0.1, -0.05) is 0 Å². The van der Waals surface area contributed by atoms with E-state index in [0.717, 1.165) is 0 Å². The van der Waals surface area contributed by atoms with E-state index in [9.17, 15) is 4.79 Å². The molecule has 0 saturated heterocycles. The van der Waals surface area contributed by atoms with Gasteiger partial charge in [0, 0.05) is 6.20 Å². The Kier molecular flexibility index (Phi) is 3.10. The van der Waals surface area contributed by atoms with Crippen molar-refractivity contribution in [2.75, 3.05) is 0 Å². The summed E-state index contributed by atoms with van der Waals surface area (Å²) >= 11 is 4.74. The van der Waals surface area contributed by atoms with E-state index < -0.39 is 5.56 Å². The second-order valence-electron chi connectivity index (χ2n) is 3.17. The molecule has 0 spiro atoms. The van der Waals surface area contributed by atoms with Crippen molar-refractivity contribution < 1.29 is 5.11 Å². The summed E-state index contributed by atoms with van der Waals surface area (Å²) in [6.45, 7) is 0. The Morgan fingerprint density at radius 2 is 1.88 bits per heavy atom. The highest BCUT2D eigenvalue weighted by molar-refractivity contribution is 7.71. The minimum Gasteiger partial charge on any atom is -0.508 e. The van der Waals surface area contributed by atoms with Gasteiger partial charge in [-0.2, -0.15) is 5.11 Å². The molecule has 0 unspecified atom stereocenters. The van der Waals surface area contributed by atoms with Crippen molar-refractivity contribution in [3.05, 3.63) is 45.6 Å². The normalized spacial score (nSPS) is 10.8. The smallest absolute Gasteiger partial charge is 0.279 e. The maximum Gasteiger partial charge on any atom is 0.279 e. The van der Waals surface area contributed by atoms with Gasteiger partial charge >= 0.3 is 0 Å². The van der Waals surface area contributed by atoms with Gasteiger partial charge in [-0.3, -0.25) is 9.78 Å². The Hall–Kier alpha value is -2.28. The first-order valence-electron chi connectivity index (χ1n) is 4.68. The number of H-pyrrole nitrogens is 2. The standard InChI is InChI=1S/C10H8N4O2S/c15-7-3-1-6(2-4-7)13-14-8-5-11-10(17)12-9(8)16/h1-5,15H,(H2,11,12,16,17). The van der Waals surface area contributed by atoms with Crippen molar-refractivity contribution in [1.82, 2.24) is 9.97 Å². The van der Waals surface area contributed by atoms with Crippen molar-refractivity contribution in [2.24, 2.45) is 10.2 Å². The fourth-order valence-electron chi connectivity index (χ4n) is 1.11. The van der Waals surface area contributed by atoms with Gasteiger partial charge in [0.25, 0.3) is 5.56 Å². The Morgan fingerprint density at radius 3 is 2.53 bits per heavy atom. The van der Waals surface area contributed by atoms with Crippen LogP contribution in [0.5, 0.6) is 5.75 Å². The van der Waals surface area contributed by atoms with Gasteiger partial charge in [0.2, 0.25) is 0 Å². The molecule has 0 aliphatic rings. The number of hydrogen-bond donors (Lipinski definition) is 3. The maximum absolute atomic E-state index is 11.4. The van der Waals surface area contributed by atoms with Crippen molar-refractivity contribution in [3.63, 3.8) is 0 Å². The quantitative estimate of drug-likeness (QED) is 0.563. The number of nitrogens with one attached hydrogen (secondary N) is 2. The van der Waals surface area contributed by atoms with Crippen LogP contribution in [-0.4, -0.2) is 15.1 Å². The van der Waals surface area contributed by atoms with E-state index in [-0.39, 0.29) is 16.2 Å². The molecule has 0 atom stereocenters. The number of azo groups is 1. The lowest BCUT2D eigenvalue weighted by Gasteiger charge is -1.93. The molecule has 0 saturated carbocycles.